The molecule has 0 atom stereocenters. The van der Waals surface area contributed by atoms with Gasteiger partial charge in [0.15, 0.2) is 0 Å². The molecule has 1 amide bonds. The molecular weight excluding hydrogens is 400 g/mol. The Labute approximate surface area is 188 Å². The number of amides is 1. The van der Waals surface area contributed by atoms with E-state index in [1.165, 1.54) is 39.5 Å². The van der Waals surface area contributed by atoms with E-state index in [1.807, 2.05) is 11.8 Å². The number of aromatic nitrogens is 1. The fourth-order valence-corrected chi connectivity index (χ4v) is 5.69. The number of likely N-dealkylation sites (tertiary alicyclic amines) is 1. The molecule has 3 aromatic carbocycles. The minimum atomic E-state index is 0.244. The van der Waals surface area contributed by atoms with Gasteiger partial charge in [0.05, 0.1) is 0 Å². The van der Waals surface area contributed by atoms with Gasteiger partial charge in [-0.05, 0) is 35.2 Å². The lowest BCUT2D eigenvalue weighted by Gasteiger charge is -2.20. The zero-order valence-corrected chi connectivity index (χ0v) is 18.6. The van der Waals surface area contributed by atoms with Gasteiger partial charge in [-0.25, -0.2) is 0 Å². The van der Waals surface area contributed by atoms with Gasteiger partial charge in [0, 0.05) is 40.8 Å². The maximum atomic E-state index is 13.0. The van der Waals surface area contributed by atoms with E-state index in [9.17, 15) is 4.79 Å². The highest BCUT2D eigenvalue weighted by molar-refractivity contribution is 7.98. The van der Waals surface area contributed by atoms with Crippen molar-refractivity contribution < 1.29 is 4.79 Å². The van der Waals surface area contributed by atoms with Gasteiger partial charge in [0.25, 0.3) is 0 Å². The van der Waals surface area contributed by atoms with Crippen LogP contribution in [-0.4, -0.2) is 28.5 Å². The molecule has 0 N–H and O–H groups in total. The quantitative estimate of drug-likeness (QED) is 0.340. The highest BCUT2D eigenvalue weighted by Crippen LogP contribution is 2.34. The summed E-state index contributed by atoms with van der Waals surface area (Å²) in [4.78, 5) is 16.3. The molecule has 1 fully saturated rings. The van der Waals surface area contributed by atoms with Gasteiger partial charge in [0.2, 0.25) is 5.91 Å². The zero-order chi connectivity index (χ0) is 21.0. The van der Waals surface area contributed by atoms with Crippen LogP contribution in [0.5, 0.6) is 0 Å². The van der Waals surface area contributed by atoms with Gasteiger partial charge in [-0.1, -0.05) is 73.5 Å². The molecule has 1 aliphatic rings. The first-order chi connectivity index (χ1) is 15.3. The molecule has 2 heterocycles. The third kappa shape index (κ3) is 4.35. The number of fused-ring (bicyclic) bond motifs is 2. The maximum absolute atomic E-state index is 13.0. The largest absolute Gasteiger partial charge is 0.341 e. The first-order valence-corrected chi connectivity index (χ1v) is 12.2. The Bertz CT molecular complexity index is 1200. The Kier molecular flexibility index (Phi) is 5.99. The number of nitrogens with zero attached hydrogens (tertiary/aromatic N) is 2. The van der Waals surface area contributed by atoms with E-state index in [-0.39, 0.29) is 5.91 Å². The average Bonchev–Trinajstić information content (AvgIpc) is 2.97. The number of thioether (sulfide) groups is 1. The average molecular weight is 429 g/mol. The molecule has 0 saturated carbocycles. The van der Waals surface area contributed by atoms with Crippen molar-refractivity contribution in [1.29, 1.82) is 0 Å². The number of benzene rings is 3. The van der Waals surface area contributed by atoms with Crippen LogP contribution in [0.3, 0.4) is 0 Å². The summed E-state index contributed by atoms with van der Waals surface area (Å²) in [5.74, 6) is 1.16. The summed E-state index contributed by atoms with van der Waals surface area (Å²) < 4.78 is 2.15. The van der Waals surface area contributed by atoms with Crippen molar-refractivity contribution in [2.75, 3.05) is 13.1 Å². The normalized spacial score (nSPS) is 14.8. The Morgan fingerprint density at radius 1 is 0.806 bits per heavy atom. The van der Waals surface area contributed by atoms with Crippen LogP contribution in [0.15, 0.2) is 77.8 Å². The number of rotatable bonds is 5. The predicted octanol–water partition coefficient (Wildman–Crippen LogP) is 6.49. The van der Waals surface area contributed by atoms with E-state index in [4.69, 9.17) is 0 Å². The van der Waals surface area contributed by atoms with Gasteiger partial charge in [-0.15, -0.1) is 11.8 Å². The third-order valence-corrected chi connectivity index (χ3v) is 7.37. The van der Waals surface area contributed by atoms with E-state index in [2.05, 4.69) is 82.4 Å². The van der Waals surface area contributed by atoms with Crippen LogP contribution < -0.4 is 0 Å². The molecule has 1 aliphatic heterocycles. The summed E-state index contributed by atoms with van der Waals surface area (Å²) in [5.41, 5.74) is 2.49. The van der Waals surface area contributed by atoms with Crippen molar-refractivity contribution >= 4 is 39.3 Å². The molecule has 0 radical (unpaired) electrons. The highest BCUT2D eigenvalue weighted by atomic mass is 32.2. The summed E-state index contributed by atoms with van der Waals surface area (Å²) >= 11 is 1.86. The van der Waals surface area contributed by atoms with E-state index < -0.39 is 0 Å². The summed E-state index contributed by atoms with van der Waals surface area (Å²) in [6.45, 7) is 2.23. The Morgan fingerprint density at radius 2 is 1.52 bits per heavy atom. The van der Waals surface area contributed by atoms with Gasteiger partial charge < -0.3 is 9.47 Å². The molecule has 31 heavy (non-hydrogen) atoms. The van der Waals surface area contributed by atoms with E-state index >= 15 is 0 Å². The lowest BCUT2D eigenvalue weighted by atomic mass is 10.1. The van der Waals surface area contributed by atoms with Crippen molar-refractivity contribution in [3.05, 3.63) is 78.5 Å². The number of carbonyl (C=O) groups is 1. The first kappa shape index (κ1) is 20.2. The van der Waals surface area contributed by atoms with Gasteiger partial charge in [0.1, 0.15) is 6.54 Å². The zero-order valence-electron chi connectivity index (χ0n) is 17.8. The fourth-order valence-electron chi connectivity index (χ4n) is 4.60. The number of hydrogen-bond donors (Lipinski definition) is 0. The first-order valence-electron chi connectivity index (χ1n) is 11.2. The van der Waals surface area contributed by atoms with E-state index in [1.54, 1.807) is 0 Å². The third-order valence-electron chi connectivity index (χ3n) is 6.28. The smallest absolute Gasteiger partial charge is 0.242 e. The Balaban J connectivity index is 1.39. The molecule has 5 rings (SSSR count). The van der Waals surface area contributed by atoms with Gasteiger partial charge in [-0.3, -0.25) is 4.79 Å². The summed E-state index contributed by atoms with van der Waals surface area (Å²) in [6.07, 6.45) is 6.92. The van der Waals surface area contributed by atoms with Gasteiger partial charge >= 0.3 is 0 Å². The second-order valence-corrected chi connectivity index (χ2v) is 9.38. The van der Waals surface area contributed by atoms with Crippen LogP contribution in [-0.2, 0) is 17.1 Å². The van der Waals surface area contributed by atoms with Gasteiger partial charge in [-0.2, -0.15) is 0 Å². The molecule has 0 unspecified atom stereocenters. The Hall–Kier alpha value is -2.72. The van der Waals surface area contributed by atoms with Crippen LogP contribution in [0.1, 0.15) is 31.2 Å². The van der Waals surface area contributed by atoms with E-state index in [0.29, 0.717) is 6.54 Å². The highest BCUT2D eigenvalue weighted by Gasteiger charge is 2.18. The summed E-state index contributed by atoms with van der Waals surface area (Å²) in [5, 5.41) is 3.83. The lowest BCUT2D eigenvalue weighted by molar-refractivity contribution is -0.131. The lowest BCUT2D eigenvalue weighted by Crippen LogP contribution is -2.34. The number of para-hydroxylation sites is 1. The minimum Gasteiger partial charge on any atom is -0.341 e. The number of carbonyl (C=O) groups excluding carboxylic acids is 1. The van der Waals surface area contributed by atoms with Crippen molar-refractivity contribution in [2.24, 2.45) is 0 Å². The predicted molar refractivity (Wildman–Crippen MR) is 130 cm³/mol. The molecule has 4 aromatic rings. The van der Waals surface area contributed by atoms with Crippen LogP contribution in [0.2, 0.25) is 0 Å². The van der Waals surface area contributed by atoms with Crippen molar-refractivity contribution in [3.63, 3.8) is 0 Å². The number of hydrogen-bond acceptors (Lipinski definition) is 2. The van der Waals surface area contributed by atoms with Crippen molar-refractivity contribution in [1.82, 2.24) is 9.47 Å². The van der Waals surface area contributed by atoms with Crippen LogP contribution in [0.25, 0.3) is 21.7 Å². The molecule has 3 nitrogen and oxygen atoms in total. The molecule has 4 heteroatoms. The van der Waals surface area contributed by atoms with Crippen LogP contribution in [0, 0.1) is 0 Å². The van der Waals surface area contributed by atoms with Crippen LogP contribution >= 0.6 is 11.8 Å². The second kappa shape index (κ2) is 9.19. The van der Waals surface area contributed by atoms with Crippen molar-refractivity contribution in [2.45, 2.75) is 42.9 Å². The molecule has 0 bridgehead atoms. The van der Waals surface area contributed by atoms with E-state index in [0.717, 1.165) is 37.2 Å². The molecule has 1 saturated heterocycles. The molecule has 158 valence electrons. The summed E-state index contributed by atoms with van der Waals surface area (Å²) in [7, 11) is 0. The monoisotopic (exact) mass is 428 g/mol. The molecule has 0 spiro atoms. The fraction of sp³-hybridized carbons (Fsp3) is 0.296. The molecular formula is C27H28N2OS. The van der Waals surface area contributed by atoms with Crippen molar-refractivity contribution in [3.8, 4) is 0 Å². The summed E-state index contributed by atoms with van der Waals surface area (Å²) in [6, 6.07) is 23.6. The standard InChI is InChI=1S/C27H28N2OS/c30-27(28-16-7-1-2-8-17-28)19-29-18-26(24-14-5-6-15-25(24)29)31-20-22-12-9-11-21-10-3-4-13-23(21)22/h3-6,9-15,18H,1-2,7-8,16-17,19-20H2. The SMILES string of the molecule is O=C(Cn1cc(SCc2cccc3ccccc23)c2ccccc21)N1CCCCCC1. The molecule has 0 aliphatic carbocycles. The Morgan fingerprint density at radius 3 is 2.35 bits per heavy atom. The molecule has 1 aromatic heterocycles. The topological polar surface area (TPSA) is 25.2 Å². The maximum Gasteiger partial charge on any atom is 0.242 e. The second-order valence-electron chi connectivity index (χ2n) is 8.36. The van der Waals surface area contributed by atoms with Crippen LogP contribution in [0.4, 0.5) is 0 Å². The minimum absolute atomic E-state index is 0.244.